The standard InChI is InChI=1S/C17H18N2O2S2/c1-13-15(10-18-2)11-19(17(13)14-8-9-22-12-14)23(20,21)16-6-4-3-5-7-16/h3-9,11-12,18H,10H2,1-2H3. The van der Waals surface area contributed by atoms with Crippen LogP contribution in [-0.2, 0) is 16.6 Å². The molecule has 2 aromatic heterocycles. The average Bonchev–Trinajstić information content (AvgIpc) is 3.17. The maximum atomic E-state index is 13.1. The molecule has 0 radical (unpaired) electrons. The number of nitrogens with one attached hydrogen (secondary N) is 1. The zero-order valence-corrected chi connectivity index (χ0v) is 14.6. The maximum absolute atomic E-state index is 13.1. The lowest BCUT2D eigenvalue weighted by Crippen LogP contribution is -2.13. The molecule has 0 amide bonds. The van der Waals surface area contributed by atoms with Gasteiger partial charge in [-0.1, -0.05) is 18.2 Å². The normalized spacial score (nSPS) is 11.7. The Kier molecular flexibility index (Phi) is 4.39. The van der Waals surface area contributed by atoms with Gasteiger partial charge in [0.1, 0.15) is 0 Å². The molecule has 6 heteroatoms. The van der Waals surface area contributed by atoms with Crippen LogP contribution in [0.3, 0.4) is 0 Å². The quantitative estimate of drug-likeness (QED) is 0.769. The Morgan fingerprint density at radius 3 is 2.52 bits per heavy atom. The molecule has 0 unspecified atom stereocenters. The third-order valence-corrected chi connectivity index (χ3v) is 6.15. The highest BCUT2D eigenvalue weighted by Gasteiger charge is 2.24. The van der Waals surface area contributed by atoms with Gasteiger partial charge in [-0.3, -0.25) is 0 Å². The summed E-state index contributed by atoms with van der Waals surface area (Å²) in [4.78, 5) is 0.294. The van der Waals surface area contributed by atoms with E-state index in [1.54, 1.807) is 41.8 Å². The first-order valence-electron chi connectivity index (χ1n) is 7.24. The van der Waals surface area contributed by atoms with Gasteiger partial charge in [0.2, 0.25) is 0 Å². The van der Waals surface area contributed by atoms with Gasteiger partial charge in [-0.2, -0.15) is 11.3 Å². The highest BCUT2D eigenvalue weighted by Crippen LogP contribution is 2.32. The number of aromatic nitrogens is 1. The molecule has 23 heavy (non-hydrogen) atoms. The summed E-state index contributed by atoms with van der Waals surface area (Å²) in [6.07, 6.45) is 1.72. The smallest absolute Gasteiger partial charge is 0.268 e. The van der Waals surface area contributed by atoms with Gasteiger partial charge in [0.15, 0.2) is 0 Å². The van der Waals surface area contributed by atoms with Crippen LogP contribution in [0.25, 0.3) is 11.3 Å². The second-order valence-corrected chi connectivity index (χ2v) is 7.88. The van der Waals surface area contributed by atoms with Crippen LogP contribution < -0.4 is 5.32 Å². The van der Waals surface area contributed by atoms with Crippen LogP contribution in [0.5, 0.6) is 0 Å². The van der Waals surface area contributed by atoms with E-state index in [4.69, 9.17) is 0 Å². The molecule has 0 atom stereocenters. The molecule has 3 aromatic rings. The molecular weight excluding hydrogens is 328 g/mol. The fraction of sp³-hybridized carbons (Fsp3) is 0.176. The average molecular weight is 346 g/mol. The minimum atomic E-state index is -3.62. The molecule has 0 aliphatic rings. The van der Waals surface area contributed by atoms with Gasteiger partial charge in [0.05, 0.1) is 10.6 Å². The lowest BCUT2D eigenvalue weighted by molar-refractivity contribution is 0.588. The van der Waals surface area contributed by atoms with Crippen molar-refractivity contribution in [3.8, 4) is 11.3 Å². The Bertz CT molecular complexity index is 896. The summed E-state index contributed by atoms with van der Waals surface area (Å²) < 4.78 is 27.5. The van der Waals surface area contributed by atoms with Crippen molar-refractivity contribution < 1.29 is 8.42 Å². The van der Waals surface area contributed by atoms with Crippen molar-refractivity contribution in [1.82, 2.24) is 9.29 Å². The van der Waals surface area contributed by atoms with Crippen molar-refractivity contribution >= 4 is 21.4 Å². The number of hydrogen-bond donors (Lipinski definition) is 1. The molecule has 120 valence electrons. The Morgan fingerprint density at radius 2 is 1.91 bits per heavy atom. The summed E-state index contributed by atoms with van der Waals surface area (Å²) in [7, 11) is -1.77. The molecule has 2 heterocycles. The molecule has 1 N–H and O–H groups in total. The summed E-state index contributed by atoms with van der Waals surface area (Å²) in [6.45, 7) is 2.59. The van der Waals surface area contributed by atoms with Crippen molar-refractivity contribution in [2.24, 2.45) is 0 Å². The summed E-state index contributed by atoms with van der Waals surface area (Å²) in [5.74, 6) is 0. The molecule has 4 nitrogen and oxygen atoms in total. The fourth-order valence-electron chi connectivity index (χ4n) is 2.63. The van der Waals surface area contributed by atoms with E-state index in [1.165, 1.54) is 3.97 Å². The number of nitrogens with zero attached hydrogens (tertiary/aromatic N) is 1. The van der Waals surface area contributed by atoms with E-state index in [1.807, 2.05) is 36.9 Å². The van der Waals surface area contributed by atoms with Gasteiger partial charge in [-0.25, -0.2) is 12.4 Å². The highest BCUT2D eigenvalue weighted by atomic mass is 32.2. The monoisotopic (exact) mass is 346 g/mol. The number of hydrogen-bond acceptors (Lipinski definition) is 4. The minimum absolute atomic E-state index is 0.294. The predicted octanol–water partition coefficient (Wildman–Crippen LogP) is 3.48. The van der Waals surface area contributed by atoms with E-state index in [2.05, 4.69) is 5.32 Å². The van der Waals surface area contributed by atoms with Crippen LogP contribution >= 0.6 is 11.3 Å². The zero-order valence-electron chi connectivity index (χ0n) is 13.0. The third kappa shape index (κ3) is 2.85. The highest BCUT2D eigenvalue weighted by molar-refractivity contribution is 7.90. The van der Waals surface area contributed by atoms with E-state index in [0.29, 0.717) is 11.4 Å². The predicted molar refractivity (Wildman–Crippen MR) is 94.3 cm³/mol. The Balaban J connectivity index is 2.25. The van der Waals surface area contributed by atoms with Gasteiger partial charge >= 0.3 is 0 Å². The maximum Gasteiger partial charge on any atom is 0.268 e. The molecule has 0 saturated carbocycles. The van der Waals surface area contributed by atoms with Crippen molar-refractivity contribution in [2.45, 2.75) is 18.4 Å². The zero-order chi connectivity index (χ0) is 16.4. The van der Waals surface area contributed by atoms with Gasteiger partial charge in [0, 0.05) is 23.7 Å². The fourth-order valence-corrected chi connectivity index (χ4v) is 4.74. The molecule has 0 aliphatic carbocycles. The van der Waals surface area contributed by atoms with E-state index < -0.39 is 10.0 Å². The van der Waals surface area contributed by atoms with Crippen LogP contribution in [0.4, 0.5) is 0 Å². The number of benzene rings is 1. The van der Waals surface area contributed by atoms with Crippen LogP contribution in [0.1, 0.15) is 11.1 Å². The number of rotatable bonds is 5. The SMILES string of the molecule is CNCc1cn(S(=O)(=O)c2ccccc2)c(-c2ccsc2)c1C. The first kappa shape index (κ1) is 16.0. The van der Waals surface area contributed by atoms with E-state index >= 15 is 0 Å². The molecule has 0 saturated heterocycles. The Hall–Kier alpha value is -1.89. The first-order chi connectivity index (χ1) is 11.1. The van der Waals surface area contributed by atoms with Gasteiger partial charge < -0.3 is 5.32 Å². The van der Waals surface area contributed by atoms with Gasteiger partial charge in [0.25, 0.3) is 10.0 Å². The van der Waals surface area contributed by atoms with Crippen molar-refractivity contribution in [3.63, 3.8) is 0 Å². The van der Waals surface area contributed by atoms with Crippen LogP contribution in [0, 0.1) is 6.92 Å². The van der Waals surface area contributed by atoms with Crippen LogP contribution in [0.15, 0.2) is 58.3 Å². The van der Waals surface area contributed by atoms with E-state index in [-0.39, 0.29) is 0 Å². The van der Waals surface area contributed by atoms with Crippen molar-refractivity contribution in [2.75, 3.05) is 7.05 Å². The lowest BCUT2D eigenvalue weighted by atomic mass is 10.1. The molecule has 0 aliphatic heterocycles. The molecule has 0 spiro atoms. The largest absolute Gasteiger partial charge is 0.316 e. The van der Waals surface area contributed by atoms with E-state index in [9.17, 15) is 8.42 Å². The second kappa shape index (κ2) is 6.31. The lowest BCUT2D eigenvalue weighted by Gasteiger charge is -2.10. The number of thiophene rings is 1. The van der Waals surface area contributed by atoms with E-state index in [0.717, 1.165) is 22.4 Å². The topological polar surface area (TPSA) is 51.1 Å². The summed E-state index contributed by atoms with van der Waals surface area (Å²) in [5.41, 5.74) is 3.63. The van der Waals surface area contributed by atoms with Crippen molar-refractivity contribution in [3.05, 3.63) is 64.5 Å². The minimum Gasteiger partial charge on any atom is -0.316 e. The second-order valence-electron chi connectivity index (χ2n) is 5.28. The first-order valence-corrected chi connectivity index (χ1v) is 9.62. The van der Waals surface area contributed by atoms with Crippen LogP contribution in [-0.4, -0.2) is 19.4 Å². The third-order valence-electron chi connectivity index (χ3n) is 3.79. The van der Waals surface area contributed by atoms with Crippen LogP contribution in [0.2, 0.25) is 0 Å². The molecular formula is C17H18N2O2S2. The molecule has 0 fully saturated rings. The van der Waals surface area contributed by atoms with Gasteiger partial charge in [-0.05, 0) is 48.7 Å². The Labute approximate surface area is 140 Å². The van der Waals surface area contributed by atoms with Gasteiger partial charge in [-0.15, -0.1) is 0 Å². The summed E-state index contributed by atoms with van der Waals surface area (Å²) >= 11 is 1.56. The summed E-state index contributed by atoms with van der Waals surface area (Å²) in [5, 5.41) is 7.03. The molecule has 1 aromatic carbocycles. The Morgan fingerprint density at radius 1 is 1.17 bits per heavy atom. The van der Waals surface area contributed by atoms with Crippen molar-refractivity contribution in [1.29, 1.82) is 0 Å². The molecule has 0 bridgehead atoms. The molecule has 3 rings (SSSR count). The summed E-state index contributed by atoms with van der Waals surface area (Å²) in [6, 6.07) is 10.5.